The maximum absolute atomic E-state index is 12.3. The zero-order chi connectivity index (χ0) is 17.6. The molecular formula is C19H23N4O2+. The van der Waals surface area contributed by atoms with Crippen LogP contribution in [0.3, 0.4) is 0 Å². The van der Waals surface area contributed by atoms with Crippen molar-refractivity contribution in [1.29, 1.82) is 0 Å². The molecule has 1 aliphatic rings. The summed E-state index contributed by atoms with van der Waals surface area (Å²) in [5, 5.41) is 2.72. The third kappa shape index (κ3) is 4.35. The summed E-state index contributed by atoms with van der Waals surface area (Å²) in [5.74, 6) is 0.801. The molecule has 2 aromatic rings. The maximum atomic E-state index is 12.3. The van der Waals surface area contributed by atoms with Crippen LogP contribution >= 0.6 is 0 Å². The zero-order valence-electron chi connectivity index (χ0n) is 14.4. The molecule has 6 heteroatoms. The first-order chi connectivity index (χ1) is 12.1. The molecule has 2 heterocycles. The lowest BCUT2D eigenvalue weighted by atomic mass is 10.1. The zero-order valence-corrected chi connectivity index (χ0v) is 14.4. The van der Waals surface area contributed by atoms with Crippen LogP contribution in [0.2, 0.25) is 0 Å². The van der Waals surface area contributed by atoms with Crippen LogP contribution in [0.4, 0.5) is 5.82 Å². The Morgan fingerprint density at radius 2 is 1.88 bits per heavy atom. The summed E-state index contributed by atoms with van der Waals surface area (Å²) < 4.78 is 0. The van der Waals surface area contributed by atoms with E-state index < -0.39 is 0 Å². The number of hydrogen-bond acceptors (Lipinski definition) is 3. The van der Waals surface area contributed by atoms with Crippen molar-refractivity contribution in [3.63, 3.8) is 0 Å². The van der Waals surface area contributed by atoms with Gasteiger partial charge in [-0.2, -0.15) is 0 Å². The Balaban J connectivity index is 1.47. The third-order valence-electron chi connectivity index (χ3n) is 4.35. The van der Waals surface area contributed by atoms with Crippen molar-refractivity contribution >= 4 is 17.6 Å². The van der Waals surface area contributed by atoms with Gasteiger partial charge in [0.2, 0.25) is 5.91 Å². The van der Waals surface area contributed by atoms with Gasteiger partial charge in [-0.3, -0.25) is 14.5 Å². The van der Waals surface area contributed by atoms with Gasteiger partial charge >= 0.3 is 0 Å². The third-order valence-corrected chi connectivity index (χ3v) is 4.35. The summed E-state index contributed by atoms with van der Waals surface area (Å²) in [6.07, 6.45) is 1.90. The molecule has 1 fully saturated rings. The van der Waals surface area contributed by atoms with Crippen LogP contribution < -0.4 is 15.2 Å². The number of aromatic amines is 1. The van der Waals surface area contributed by atoms with E-state index in [0.717, 1.165) is 24.5 Å². The van der Waals surface area contributed by atoms with Gasteiger partial charge in [0, 0.05) is 11.6 Å². The minimum absolute atomic E-state index is 0.0320. The van der Waals surface area contributed by atoms with E-state index in [2.05, 4.69) is 15.2 Å². The lowest BCUT2D eigenvalue weighted by Gasteiger charge is -2.31. The SMILES string of the molecule is Cc1cccc(C(=O)NCC(=O)N2CCN(c3cccc[nH+]3)CC2)c1. The molecule has 130 valence electrons. The summed E-state index contributed by atoms with van der Waals surface area (Å²) in [6.45, 7) is 4.83. The minimum atomic E-state index is -0.213. The number of rotatable bonds is 4. The molecule has 0 bridgehead atoms. The molecule has 1 aliphatic heterocycles. The molecule has 0 aliphatic carbocycles. The Morgan fingerprint density at radius 3 is 2.56 bits per heavy atom. The van der Waals surface area contributed by atoms with Gasteiger partial charge in [-0.1, -0.05) is 23.8 Å². The summed E-state index contributed by atoms with van der Waals surface area (Å²) in [6, 6.07) is 13.3. The monoisotopic (exact) mass is 339 g/mol. The highest BCUT2D eigenvalue weighted by Gasteiger charge is 2.26. The van der Waals surface area contributed by atoms with Gasteiger partial charge in [-0.05, 0) is 25.1 Å². The quantitative estimate of drug-likeness (QED) is 0.899. The summed E-state index contributed by atoms with van der Waals surface area (Å²) >= 11 is 0. The van der Waals surface area contributed by atoms with Gasteiger partial charge in [0.1, 0.15) is 13.1 Å². The summed E-state index contributed by atoms with van der Waals surface area (Å²) in [7, 11) is 0. The second kappa shape index (κ2) is 7.79. The van der Waals surface area contributed by atoms with E-state index in [0.29, 0.717) is 18.7 Å². The lowest BCUT2D eigenvalue weighted by Crippen LogP contribution is -2.52. The van der Waals surface area contributed by atoms with Crippen LogP contribution in [0.25, 0.3) is 0 Å². The van der Waals surface area contributed by atoms with E-state index in [1.54, 1.807) is 11.0 Å². The normalized spacial score (nSPS) is 14.3. The molecule has 2 N–H and O–H groups in total. The number of amides is 2. The topological polar surface area (TPSA) is 66.8 Å². The highest BCUT2D eigenvalue weighted by molar-refractivity contribution is 5.96. The van der Waals surface area contributed by atoms with Crippen LogP contribution in [0.15, 0.2) is 48.7 Å². The van der Waals surface area contributed by atoms with Gasteiger partial charge < -0.3 is 10.2 Å². The molecule has 1 aromatic carbocycles. The molecule has 0 spiro atoms. The van der Waals surface area contributed by atoms with Crippen LogP contribution in [-0.2, 0) is 4.79 Å². The summed E-state index contributed by atoms with van der Waals surface area (Å²) in [4.78, 5) is 31.7. The van der Waals surface area contributed by atoms with Gasteiger partial charge in [-0.25, -0.2) is 4.98 Å². The largest absolute Gasteiger partial charge is 0.343 e. The highest BCUT2D eigenvalue weighted by Crippen LogP contribution is 2.10. The number of aromatic nitrogens is 1. The van der Waals surface area contributed by atoms with E-state index in [-0.39, 0.29) is 18.4 Å². The fraction of sp³-hybridized carbons (Fsp3) is 0.316. The van der Waals surface area contributed by atoms with E-state index >= 15 is 0 Å². The van der Waals surface area contributed by atoms with Crippen LogP contribution in [-0.4, -0.2) is 49.4 Å². The van der Waals surface area contributed by atoms with Gasteiger partial charge in [0.15, 0.2) is 0 Å². The molecule has 0 unspecified atom stereocenters. The predicted octanol–water partition coefficient (Wildman–Crippen LogP) is 0.888. The number of pyridine rings is 1. The van der Waals surface area contributed by atoms with E-state index in [4.69, 9.17) is 0 Å². The number of nitrogens with zero attached hydrogens (tertiary/aromatic N) is 2. The van der Waals surface area contributed by atoms with Gasteiger partial charge in [-0.15, -0.1) is 0 Å². The van der Waals surface area contributed by atoms with Crippen LogP contribution in [0.1, 0.15) is 15.9 Å². The molecule has 1 aromatic heterocycles. The number of piperazine rings is 1. The van der Waals surface area contributed by atoms with Crippen LogP contribution in [0, 0.1) is 6.92 Å². The Labute approximate surface area is 147 Å². The molecule has 0 atom stereocenters. The van der Waals surface area contributed by atoms with Crippen molar-refractivity contribution in [1.82, 2.24) is 10.2 Å². The van der Waals surface area contributed by atoms with E-state index in [9.17, 15) is 9.59 Å². The maximum Gasteiger partial charge on any atom is 0.274 e. The number of H-pyrrole nitrogens is 1. The highest BCUT2D eigenvalue weighted by atomic mass is 16.2. The summed E-state index contributed by atoms with van der Waals surface area (Å²) in [5.41, 5.74) is 1.60. The number of carbonyl (C=O) groups excluding carboxylic acids is 2. The standard InChI is InChI=1S/C19H22N4O2/c1-15-5-4-6-16(13-15)19(25)21-14-18(24)23-11-9-22(10-12-23)17-7-2-3-8-20-17/h2-8,13H,9-12,14H2,1H3,(H,21,25)/p+1. The number of carbonyl (C=O) groups is 2. The van der Waals surface area contributed by atoms with E-state index in [1.807, 2.05) is 49.5 Å². The average Bonchev–Trinajstić information content (AvgIpc) is 2.66. The molecule has 3 rings (SSSR count). The number of aryl methyl sites for hydroxylation is 1. The van der Waals surface area contributed by atoms with Gasteiger partial charge in [0.25, 0.3) is 11.7 Å². The molecule has 0 radical (unpaired) electrons. The number of benzene rings is 1. The van der Waals surface area contributed by atoms with Crippen molar-refractivity contribution < 1.29 is 14.6 Å². The van der Waals surface area contributed by atoms with E-state index in [1.165, 1.54) is 0 Å². The fourth-order valence-electron chi connectivity index (χ4n) is 2.93. The second-order valence-electron chi connectivity index (χ2n) is 6.17. The number of nitrogens with one attached hydrogen (secondary N) is 2. The van der Waals surface area contributed by atoms with Gasteiger partial charge in [0.05, 0.1) is 25.8 Å². The Morgan fingerprint density at radius 1 is 1.08 bits per heavy atom. The van der Waals surface area contributed by atoms with Crippen molar-refractivity contribution in [2.75, 3.05) is 37.6 Å². The second-order valence-corrected chi connectivity index (χ2v) is 6.17. The lowest BCUT2D eigenvalue weighted by molar-refractivity contribution is -0.364. The average molecular weight is 339 g/mol. The van der Waals surface area contributed by atoms with Crippen molar-refractivity contribution in [3.8, 4) is 0 Å². The molecule has 25 heavy (non-hydrogen) atoms. The molecular weight excluding hydrogens is 316 g/mol. The van der Waals surface area contributed by atoms with Crippen molar-refractivity contribution in [3.05, 3.63) is 59.8 Å². The molecule has 0 saturated carbocycles. The van der Waals surface area contributed by atoms with Crippen molar-refractivity contribution in [2.24, 2.45) is 0 Å². The number of hydrogen-bond donors (Lipinski definition) is 1. The first-order valence-corrected chi connectivity index (χ1v) is 8.48. The molecule has 1 saturated heterocycles. The van der Waals surface area contributed by atoms with Crippen molar-refractivity contribution in [2.45, 2.75) is 6.92 Å². The number of anilines is 1. The Bertz CT molecular complexity index is 740. The fourth-order valence-corrected chi connectivity index (χ4v) is 2.93. The first kappa shape index (κ1) is 17.0. The first-order valence-electron chi connectivity index (χ1n) is 8.48. The Hall–Kier alpha value is -2.89. The molecule has 6 nitrogen and oxygen atoms in total. The minimum Gasteiger partial charge on any atom is -0.343 e. The Kier molecular flexibility index (Phi) is 5.28. The predicted molar refractivity (Wildman–Crippen MR) is 95.3 cm³/mol. The smallest absolute Gasteiger partial charge is 0.274 e. The van der Waals surface area contributed by atoms with Crippen LogP contribution in [0.5, 0.6) is 0 Å². The molecule has 2 amide bonds.